The van der Waals surface area contributed by atoms with Crippen molar-refractivity contribution in [2.24, 2.45) is 0 Å². The van der Waals surface area contributed by atoms with E-state index in [-0.39, 0.29) is 22.1 Å². The van der Waals surface area contributed by atoms with E-state index in [1.54, 1.807) is 0 Å². The molecule has 0 amide bonds. The average molecular weight is 392 g/mol. The van der Waals surface area contributed by atoms with Gasteiger partial charge in [-0.25, -0.2) is 17.1 Å². The number of halogens is 2. The molecule has 1 N–H and O–H groups in total. The third-order valence-corrected chi connectivity index (χ3v) is 5.36. The monoisotopic (exact) mass is 391 g/mol. The lowest BCUT2D eigenvalue weighted by Crippen LogP contribution is -2.28. The highest BCUT2D eigenvalue weighted by molar-refractivity contribution is 7.92. The van der Waals surface area contributed by atoms with Crippen molar-refractivity contribution in [3.63, 3.8) is 0 Å². The summed E-state index contributed by atoms with van der Waals surface area (Å²) in [4.78, 5) is 11.3. The summed E-state index contributed by atoms with van der Waals surface area (Å²) in [6, 6.07) is 3.60. The lowest BCUT2D eigenvalue weighted by Gasteiger charge is -2.16. The lowest BCUT2D eigenvalue weighted by atomic mass is 10.1. The molecular weight excluding hydrogens is 377 g/mol. The third-order valence-electron chi connectivity index (χ3n) is 3.32. The number of benzene rings is 1. The number of ether oxygens (including phenoxy) is 1. The standard InChI is InChI=1S/C15H15ClFNO6S/c1-4-25(21,22)18(3)15-14(23-8(2)19)12(20)13(24-15)9-5-6-10(16)11(17)7-9/h5-7,20H,4H2,1-3H3. The van der Waals surface area contributed by atoms with Crippen molar-refractivity contribution in [1.29, 1.82) is 0 Å². The van der Waals surface area contributed by atoms with Gasteiger partial charge in [0.1, 0.15) is 5.82 Å². The number of aromatic hydroxyl groups is 1. The van der Waals surface area contributed by atoms with Crippen molar-refractivity contribution >= 4 is 33.5 Å². The second-order valence-electron chi connectivity index (χ2n) is 5.00. The topological polar surface area (TPSA) is 97.1 Å². The second-order valence-corrected chi connectivity index (χ2v) is 7.70. The second kappa shape index (κ2) is 6.93. The fraction of sp³-hybridized carbons (Fsp3) is 0.267. The van der Waals surface area contributed by atoms with Crippen LogP contribution in [0.25, 0.3) is 11.3 Å². The van der Waals surface area contributed by atoms with Crippen LogP contribution in [0.4, 0.5) is 10.3 Å². The quantitative estimate of drug-likeness (QED) is 0.786. The van der Waals surface area contributed by atoms with Gasteiger partial charge in [-0.05, 0) is 25.1 Å². The number of anilines is 1. The normalized spacial score (nSPS) is 11.4. The van der Waals surface area contributed by atoms with Crippen LogP contribution in [0.15, 0.2) is 22.6 Å². The molecule has 0 saturated carbocycles. The van der Waals surface area contributed by atoms with Crippen LogP contribution in [-0.4, -0.2) is 32.3 Å². The van der Waals surface area contributed by atoms with Gasteiger partial charge in [-0.3, -0.25) is 4.79 Å². The van der Waals surface area contributed by atoms with Crippen molar-refractivity contribution in [2.75, 3.05) is 17.1 Å². The molecule has 2 rings (SSSR count). The molecule has 1 heterocycles. The van der Waals surface area contributed by atoms with Crippen LogP contribution >= 0.6 is 11.6 Å². The van der Waals surface area contributed by atoms with Crippen LogP contribution in [0, 0.1) is 5.82 Å². The van der Waals surface area contributed by atoms with E-state index in [2.05, 4.69) is 0 Å². The maximum atomic E-state index is 13.7. The maximum absolute atomic E-state index is 13.7. The third kappa shape index (κ3) is 3.72. The molecule has 0 fully saturated rings. The SMILES string of the molecule is CCS(=O)(=O)N(C)c1oc(-c2ccc(Cl)c(F)c2)c(O)c1OC(C)=O. The molecule has 2 aromatic rings. The number of furan rings is 1. The van der Waals surface area contributed by atoms with Crippen LogP contribution in [0.5, 0.6) is 11.5 Å². The Morgan fingerprint density at radius 3 is 2.60 bits per heavy atom. The first-order chi connectivity index (χ1) is 11.6. The molecule has 10 heteroatoms. The Balaban J connectivity index is 2.67. The molecular formula is C15H15ClFNO6S. The zero-order valence-electron chi connectivity index (χ0n) is 13.5. The number of hydrogen-bond donors (Lipinski definition) is 1. The molecule has 0 aliphatic carbocycles. The zero-order valence-corrected chi connectivity index (χ0v) is 15.1. The van der Waals surface area contributed by atoms with E-state index in [9.17, 15) is 22.7 Å². The fourth-order valence-electron chi connectivity index (χ4n) is 1.99. The van der Waals surface area contributed by atoms with Gasteiger partial charge in [0, 0.05) is 19.5 Å². The zero-order chi connectivity index (χ0) is 18.9. The van der Waals surface area contributed by atoms with Crippen LogP contribution in [0.2, 0.25) is 5.02 Å². The summed E-state index contributed by atoms with van der Waals surface area (Å²) in [7, 11) is -2.59. The van der Waals surface area contributed by atoms with Gasteiger partial charge in [0.05, 0.1) is 10.8 Å². The Morgan fingerprint density at radius 1 is 1.44 bits per heavy atom. The van der Waals surface area contributed by atoms with E-state index < -0.39 is 39.2 Å². The van der Waals surface area contributed by atoms with Crippen LogP contribution in [-0.2, 0) is 14.8 Å². The Kier molecular flexibility index (Phi) is 5.28. The number of rotatable bonds is 5. The molecule has 136 valence electrons. The van der Waals surface area contributed by atoms with Crippen molar-refractivity contribution < 1.29 is 31.9 Å². The van der Waals surface area contributed by atoms with Crippen LogP contribution < -0.4 is 9.04 Å². The molecule has 0 aliphatic heterocycles. The van der Waals surface area contributed by atoms with Crippen molar-refractivity contribution in [3.8, 4) is 22.8 Å². The molecule has 0 aliphatic rings. The van der Waals surface area contributed by atoms with Gasteiger partial charge in [-0.15, -0.1) is 0 Å². The van der Waals surface area contributed by atoms with E-state index >= 15 is 0 Å². The van der Waals surface area contributed by atoms with E-state index in [0.717, 1.165) is 17.3 Å². The van der Waals surface area contributed by atoms with Crippen molar-refractivity contribution in [1.82, 2.24) is 0 Å². The number of carbonyl (C=O) groups excluding carboxylic acids is 1. The number of sulfonamides is 1. The van der Waals surface area contributed by atoms with Gasteiger partial charge < -0.3 is 14.3 Å². The van der Waals surface area contributed by atoms with Gasteiger partial charge in [0.15, 0.2) is 5.76 Å². The van der Waals surface area contributed by atoms with Gasteiger partial charge in [-0.2, -0.15) is 0 Å². The summed E-state index contributed by atoms with van der Waals surface area (Å²) >= 11 is 5.62. The van der Waals surface area contributed by atoms with E-state index in [1.165, 1.54) is 26.1 Å². The summed E-state index contributed by atoms with van der Waals surface area (Å²) in [5, 5.41) is 10.2. The van der Waals surface area contributed by atoms with E-state index in [0.29, 0.717) is 0 Å². The molecule has 0 bridgehead atoms. The Labute approximate surface area is 148 Å². The van der Waals surface area contributed by atoms with Crippen LogP contribution in [0.1, 0.15) is 13.8 Å². The largest absolute Gasteiger partial charge is 0.502 e. The highest BCUT2D eigenvalue weighted by Crippen LogP contribution is 2.48. The van der Waals surface area contributed by atoms with Gasteiger partial charge in [0.2, 0.25) is 21.5 Å². The molecule has 25 heavy (non-hydrogen) atoms. The molecule has 7 nitrogen and oxygen atoms in total. The smallest absolute Gasteiger partial charge is 0.308 e. The minimum atomic E-state index is -3.77. The van der Waals surface area contributed by atoms with Gasteiger partial charge in [0.25, 0.3) is 5.88 Å². The summed E-state index contributed by atoms with van der Waals surface area (Å²) in [6.45, 7) is 2.49. The first kappa shape index (κ1) is 19.1. The number of esters is 1. The van der Waals surface area contributed by atoms with E-state index in [1.807, 2.05) is 0 Å². The first-order valence-electron chi connectivity index (χ1n) is 7.04. The molecule has 1 aromatic carbocycles. The predicted octanol–water partition coefficient (Wildman–Crippen LogP) is 3.16. The van der Waals surface area contributed by atoms with Crippen molar-refractivity contribution in [3.05, 3.63) is 29.0 Å². The molecule has 0 unspecified atom stereocenters. The summed E-state index contributed by atoms with van der Waals surface area (Å²) < 4.78 is 48.8. The molecule has 1 aromatic heterocycles. The average Bonchev–Trinajstić information content (AvgIpc) is 2.86. The first-order valence-corrected chi connectivity index (χ1v) is 9.03. The molecule has 0 radical (unpaired) electrons. The minimum absolute atomic E-state index is 0.0846. The Bertz CT molecular complexity index is 924. The lowest BCUT2D eigenvalue weighted by molar-refractivity contribution is -0.132. The maximum Gasteiger partial charge on any atom is 0.308 e. The number of hydrogen-bond acceptors (Lipinski definition) is 6. The number of nitrogens with zero attached hydrogens (tertiary/aromatic N) is 1. The highest BCUT2D eigenvalue weighted by atomic mass is 35.5. The summed E-state index contributed by atoms with van der Waals surface area (Å²) in [6.07, 6.45) is 0. The Hall–Kier alpha value is -2.26. The fourth-order valence-corrected chi connectivity index (χ4v) is 2.87. The van der Waals surface area contributed by atoms with Crippen LogP contribution in [0.3, 0.4) is 0 Å². The summed E-state index contributed by atoms with van der Waals surface area (Å²) in [5.41, 5.74) is 0.0846. The highest BCUT2D eigenvalue weighted by Gasteiger charge is 2.31. The molecule has 0 spiro atoms. The van der Waals surface area contributed by atoms with Crippen molar-refractivity contribution in [2.45, 2.75) is 13.8 Å². The summed E-state index contributed by atoms with van der Waals surface area (Å²) in [5.74, 6) is -3.59. The van der Waals surface area contributed by atoms with Gasteiger partial charge >= 0.3 is 5.97 Å². The Morgan fingerprint density at radius 2 is 2.08 bits per heavy atom. The van der Waals surface area contributed by atoms with E-state index in [4.69, 9.17) is 20.8 Å². The predicted molar refractivity (Wildman–Crippen MR) is 89.9 cm³/mol. The molecule has 0 atom stereocenters. The minimum Gasteiger partial charge on any atom is -0.502 e. The molecule has 0 saturated heterocycles. The number of carbonyl (C=O) groups is 1. The van der Waals surface area contributed by atoms with Gasteiger partial charge in [-0.1, -0.05) is 11.6 Å².